The lowest BCUT2D eigenvalue weighted by Crippen LogP contribution is -2.48. The van der Waals surface area contributed by atoms with Crippen LogP contribution in [0.1, 0.15) is 71.5 Å². The van der Waals surface area contributed by atoms with E-state index in [4.69, 9.17) is 0 Å². The van der Waals surface area contributed by atoms with E-state index in [0.29, 0.717) is 23.1 Å². The maximum absolute atomic E-state index is 15.2. The molecule has 0 saturated carbocycles. The summed E-state index contributed by atoms with van der Waals surface area (Å²) in [6.07, 6.45) is 0.759. The van der Waals surface area contributed by atoms with E-state index < -0.39 is 65.1 Å². The fourth-order valence-electron chi connectivity index (χ4n) is 5.32. The molecule has 2 atom stereocenters. The van der Waals surface area contributed by atoms with Gasteiger partial charge in [0, 0.05) is 12.1 Å². The SMILES string of the molecule is CCC[C@H](NC(=O)c1ccc(F)c(CN2CCC2)n1)C(=O)NC(CC(=O)O)c1cc(-c2c(C)cc(F)cc2C)cc(F)c1F. The standard InChI is InChI=1S/C32H34F4N4O4/c1-4-6-24(38-32(44)25-8-7-22(34)27(37-25)16-40-9-5-10-40)31(43)39-26(15-28(41)42)21-13-19(14-23(35)30(21)36)29-17(2)11-20(33)12-18(29)3/h7-8,11-14,24,26H,4-6,9-10,15-16H2,1-3H3,(H,38,44)(H,39,43)(H,41,42)/t24-,26?/m0/s1. The third kappa shape index (κ3) is 7.60. The van der Waals surface area contributed by atoms with Crippen molar-refractivity contribution in [3.63, 3.8) is 0 Å². The van der Waals surface area contributed by atoms with Crippen LogP contribution in [0.15, 0.2) is 36.4 Å². The number of amides is 2. The van der Waals surface area contributed by atoms with E-state index >= 15 is 4.39 Å². The number of carbonyl (C=O) groups is 3. The van der Waals surface area contributed by atoms with E-state index in [-0.39, 0.29) is 29.9 Å². The van der Waals surface area contributed by atoms with E-state index in [1.165, 1.54) is 24.3 Å². The van der Waals surface area contributed by atoms with Crippen LogP contribution in [-0.4, -0.2) is 51.9 Å². The van der Waals surface area contributed by atoms with Crippen molar-refractivity contribution in [3.05, 3.63) is 87.7 Å². The smallest absolute Gasteiger partial charge is 0.305 e. The molecule has 1 aliphatic heterocycles. The Kier molecular flexibility index (Phi) is 10.4. The summed E-state index contributed by atoms with van der Waals surface area (Å²) >= 11 is 0. The van der Waals surface area contributed by atoms with Gasteiger partial charge in [-0.3, -0.25) is 19.3 Å². The number of carbonyl (C=O) groups excluding carboxylic acids is 2. The van der Waals surface area contributed by atoms with E-state index in [1.807, 2.05) is 4.90 Å². The van der Waals surface area contributed by atoms with Gasteiger partial charge in [0.15, 0.2) is 11.6 Å². The number of aliphatic carboxylic acids is 1. The third-order valence-electron chi connectivity index (χ3n) is 7.59. The summed E-state index contributed by atoms with van der Waals surface area (Å²) in [7, 11) is 0. The highest BCUT2D eigenvalue weighted by molar-refractivity contribution is 5.96. The first-order valence-electron chi connectivity index (χ1n) is 14.3. The van der Waals surface area contributed by atoms with Gasteiger partial charge < -0.3 is 15.7 Å². The number of nitrogens with one attached hydrogen (secondary N) is 2. The van der Waals surface area contributed by atoms with Gasteiger partial charge in [-0.15, -0.1) is 0 Å². The van der Waals surface area contributed by atoms with Crippen LogP contribution in [0.3, 0.4) is 0 Å². The molecule has 4 rings (SSSR count). The number of carboxylic acids is 1. The van der Waals surface area contributed by atoms with Crippen LogP contribution in [0.4, 0.5) is 17.6 Å². The summed E-state index contributed by atoms with van der Waals surface area (Å²) in [5.74, 6) is -6.66. The van der Waals surface area contributed by atoms with Gasteiger partial charge in [-0.25, -0.2) is 22.5 Å². The molecule has 2 heterocycles. The highest BCUT2D eigenvalue weighted by atomic mass is 19.2. The first kappa shape index (κ1) is 32.6. The fourth-order valence-corrected chi connectivity index (χ4v) is 5.32. The number of likely N-dealkylation sites (tertiary alicyclic amines) is 1. The lowest BCUT2D eigenvalue weighted by Gasteiger charge is -2.30. The zero-order chi connectivity index (χ0) is 32.1. The summed E-state index contributed by atoms with van der Waals surface area (Å²) in [5, 5.41) is 14.6. The predicted octanol–water partition coefficient (Wildman–Crippen LogP) is 5.36. The topological polar surface area (TPSA) is 112 Å². The van der Waals surface area contributed by atoms with Crippen LogP contribution in [-0.2, 0) is 16.1 Å². The highest BCUT2D eigenvalue weighted by Crippen LogP contribution is 2.33. The maximum atomic E-state index is 15.2. The quantitative estimate of drug-likeness (QED) is 0.237. The summed E-state index contributed by atoms with van der Waals surface area (Å²) in [5.41, 5.74) is 1.08. The second-order valence-electron chi connectivity index (χ2n) is 11.0. The molecule has 3 aromatic rings. The van der Waals surface area contributed by atoms with E-state index in [0.717, 1.165) is 31.6 Å². The number of halogens is 4. The second-order valence-corrected chi connectivity index (χ2v) is 11.0. The average Bonchev–Trinajstić information content (AvgIpc) is 2.91. The van der Waals surface area contributed by atoms with Crippen molar-refractivity contribution in [3.8, 4) is 11.1 Å². The number of hydrogen-bond acceptors (Lipinski definition) is 5. The van der Waals surface area contributed by atoms with Crippen LogP contribution >= 0.6 is 0 Å². The van der Waals surface area contributed by atoms with Crippen LogP contribution in [0.2, 0.25) is 0 Å². The largest absolute Gasteiger partial charge is 0.481 e. The van der Waals surface area contributed by atoms with Crippen LogP contribution in [0.5, 0.6) is 0 Å². The van der Waals surface area contributed by atoms with E-state index in [1.54, 1.807) is 20.8 Å². The summed E-state index contributed by atoms with van der Waals surface area (Å²) < 4.78 is 58.3. The number of benzene rings is 2. The molecule has 1 fully saturated rings. The normalized spacial score (nSPS) is 14.4. The summed E-state index contributed by atoms with van der Waals surface area (Å²) in [6, 6.07) is 4.26. The average molecular weight is 615 g/mol. The predicted molar refractivity (Wildman–Crippen MR) is 155 cm³/mol. The molecule has 1 aliphatic rings. The molecular formula is C32H34F4N4O4. The van der Waals surface area contributed by atoms with Gasteiger partial charge in [0.1, 0.15) is 23.4 Å². The molecule has 0 radical (unpaired) electrons. The van der Waals surface area contributed by atoms with Gasteiger partial charge in [-0.2, -0.15) is 0 Å². The first-order chi connectivity index (χ1) is 20.9. The van der Waals surface area contributed by atoms with Crippen molar-refractivity contribution in [2.75, 3.05) is 13.1 Å². The van der Waals surface area contributed by atoms with Crippen LogP contribution in [0, 0.1) is 37.1 Å². The molecule has 2 aromatic carbocycles. The van der Waals surface area contributed by atoms with Crippen molar-refractivity contribution in [1.82, 2.24) is 20.5 Å². The molecular weight excluding hydrogens is 580 g/mol. The summed E-state index contributed by atoms with van der Waals surface area (Å²) in [4.78, 5) is 44.4. The Bertz CT molecular complexity index is 1560. The lowest BCUT2D eigenvalue weighted by atomic mass is 9.91. The van der Waals surface area contributed by atoms with Gasteiger partial charge in [-0.1, -0.05) is 13.3 Å². The second kappa shape index (κ2) is 14.0. The Hall–Kier alpha value is -4.32. The van der Waals surface area contributed by atoms with Crippen LogP contribution < -0.4 is 10.6 Å². The Balaban J connectivity index is 1.61. The Morgan fingerprint density at radius 2 is 1.66 bits per heavy atom. The molecule has 1 aromatic heterocycles. The minimum atomic E-state index is -1.51. The number of aromatic nitrogens is 1. The Morgan fingerprint density at radius 1 is 0.977 bits per heavy atom. The number of pyridine rings is 1. The molecule has 234 valence electrons. The minimum absolute atomic E-state index is 0.0966. The van der Waals surface area contributed by atoms with E-state index in [9.17, 15) is 32.7 Å². The fraction of sp³-hybridized carbons (Fsp3) is 0.375. The Labute approximate surface area is 252 Å². The first-order valence-corrected chi connectivity index (χ1v) is 14.3. The minimum Gasteiger partial charge on any atom is -0.481 e. The zero-order valence-electron chi connectivity index (χ0n) is 24.6. The number of nitrogens with zero attached hydrogens (tertiary/aromatic N) is 2. The maximum Gasteiger partial charge on any atom is 0.305 e. The monoisotopic (exact) mass is 614 g/mol. The molecule has 1 saturated heterocycles. The molecule has 3 N–H and O–H groups in total. The number of hydrogen-bond donors (Lipinski definition) is 3. The van der Waals surface area contributed by atoms with Gasteiger partial charge in [-0.05, 0) is 98.4 Å². The molecule has 1 unspecified atom stereocenters. The van der Waals surface area contributed by atoms with Crippen molar-refractivity contribution < 1.29 is 37.1 Å². The molecule has 8 nitrogen and oxygen atoms in total. The molecule has 2 amide bonds. The van der Waals surface area contributed by atoms with Crippen molar-refractivity contribution in [2.45, 2.75) is 65.1 Å². The van der Waals surface area contributed by atoms with Gasteiger partial charge >= 0.3 is 5.97 Å². The highest BCUT2D eigenvalue weighted by Gasteiger charge is 2.29. The molecule has 12 heteroatoms. The van der Waals surface area contributed by atoms with E-state index in [2.05, 4.69) is 15.6 Å². The van der Waals surface area contributed by atoms with Crippen molar-refractivity contribution in [2.24, 2.45) is 0 Å². The molecule has 0 spiro atoms. The van der Waals surface area contributed by atoms with Crippen molar-refractivity contribution in [1.29, 1.82) is 0 Å². The van der Waals surface area contributed by atoms with Crippen LogP contribution in [0.25, 0.3) is 11.1 Å². The lowest BCUT2D eigenvalue weighted by molar-refractivity contribution is -0.137. The summed E-state index contributed by atoms with van der Waals surface area (Å²) in [6.45, 7) is 6.79. The molecule has 44 heavy (non-hydrogen) atoms. The number of rotatable bonds is 12. The number of aryl methyl sites for hydroxylation is 2. The third-order valence-corrected chi connectivity index (χ3v) is 7.59. The van der Waals surface area contributed by atoms with Gasteiger partial charge in [0.2, 0.25) is 5.91 Å². The zero-order valence-corrected chi connectivity index (χ0v) is 24.6. The van der Waals surface area contributed by atoms with Gasteiger partial charge in [0.25, 0.3) is 5.91 Å². The van der Waals surface area contributed by atoms with Crippen molar-refractivity contribution >= 4 is 17.8 Å². The van der Waals surface area contributed by atoms with Gasteiger partial charge in [0.05, 0.1) is 18.2 Å². The number of carboxylic acid groups (broad SMARTS) is 1. The molecule has 0 bridgehead atoms. The Morgan fingerprint density at radius 3 is 2.25 bits per heavy atom. The molecule has 0 aliphatic carbocycles.